The lowest BCUT2D eigenvalue weighted by atomic mass is 10.5. The van der Waals surface area contributed by atoms with Crippen molar-refractivity contribution in [3.63, 3.8) is 0 Å². The summed E-state index contributed by atoms with van der Waals surface area (Å²) in [6.07, 6.45) is 3.38. The number of halogens is 1. The van der Waals surface area contributed by atoms with E-state index in [1.54, 1.807) is 17.1 Å². The van der Waals surface area contributed by atoms with Crippen LogP contribution < -0.4 is 9.64 Å². The number of aromatic nitrogens is 5. The summed E-state index contributed by atoms with van der Waals surface area (Å²) in [6.45, 7) is 8.37. The smallest absolute Gasteiger partial charge is 0.328 e. The molecule has 108 valence electrons. The maximum absolute atomic E-state index is 5.92. The van der Waals surface area contributed by atoms with Crippen LogP contribution in [0.5, 0.6) is 11.8 Å². The molecule has 0 aliphatic carbocycles. The van der Waals surface area contributed by atoms with E-state index in [0.29, 0.717) is 11.7 Å². The molecule has 2 heterocycles. The van der Waals surface area contributed by atoms with Crippen molar-refractivity contribution >= 4 is 17.5 Å². The van der Waals surface area contributed by atoms with Crippen LogP contribution in [0.3, 0.4) is 0 Å². The molecule has 8 heteroatoms. The highest BCUT2D eigenvalue weighted by molar-refractivity contribution is 6.28. The van der Waals surface area contributed by atoms with E-state index in [0.717, 1.165) is 19.6 Å². The van der Waals surface area contributed by atoms with Crippen molar-refractivity contribution in [2.24, 2.45) is 0 Å². The van der Waals surface area contributed by atoms with Gasteiger partial charge in [-0.2, -0.15) is 20.1 Å². The van der Waals surface area contributed by atoms with Gasteiger partial charge in [-0.1, -0.05) is 0 Å². The van der Waals surface area contributed by atoms with Crippen LogP contribution in [-0.4, -0.2) is 37.8 Å². The van der Waals surface area contributed by atoms with Crippen molar-refractivity contribution in [2.75, 3.05) is 18.0 Å². The minimum Gasteiger partial charge on any atom is -0.421 e. The van der Waals surface area contributed by atoms with Gasteiger partial charge in [-0.05, 0) is 32.4 Å². The summed E-state index contributed by atoms with van der Waals surface area (Å²) in [4.78, 5) is 14.3. The van der Waals surface area contributed by atoms with Crippen molar-refractivity contribution in [3.8, 4) is 11.8 Å². The van der Waals surface area contributed by atoms with E-state index < -0.39 is 0 Å². The van der Waals surface area contributed by atoms with Crippen molar-refractivity contribution in [3.05, 3.63) is 17.7 Å². The van der Waals surface area contributed by atoms with Gasteiger partial charge in [-0.25, -0.2) is 0 Å². The Bertz CT molecular complexity index is 569. The van der Waals surface area contributed by atoms with Crippen LogP contribution >= 0.6 is 11.6 Å². The van der Waals surface area contributed by atoms with E-state index in [-0.39, 0.29) is 11.3 Å². The number of ether oxygens (including phenoxy) is 1. The molecular formula is C12H17ClN6O. The van der Waals surface area contributed by atoms with Gasteiger partial charge in [0.25, 0.3) is 0 Å². The quantitative estimate of drug-likeness (QED) is 0.815. The third kappa shape index (κ3) is 3.36. The molecule has 2 rings (SSSR count). The summed E-state index contributed by atoms with van der Waals surface area (Å²) in [6, 6.07) is 0.169. The Morgan fingerprint density at radius 1 is 1.20 bits per heavy atom. The lowest BCUT2D eigenvalue weighted by Crippen LogP contribution is -2.24. The Kier molecular flexibility index (Phi) is 4.73. The summed E-state index contributed by atoms with van der Waals surface area (Å²) < 4.78 is 7.32. The summed E-state index contributed by atoms with van der Waals surface area (Å²) in [5.41, 5.74) is 0. The minimum absolute atomic E-state index is 0.111. The molecule has 2 aromatic heterocycles. The maximum Gasteiger partial charge on any atom is 0.328 e. The monoisotopic (exact) mass is 296 g/mol. The van der Waals surface area contributed by atoms with Gasteiger partial charge >= 0.3 is 6.01 Å². The second-order valence-corrected chi connectivity index (χ2v) is 4.33. The Hall–Kier alpha value is -1.89. The molecule has 0 fully saturated rings. The largest absolute Gasteiger partial charge is 0.421 e. The number of nitrogens with zero attached hydrogens (tertiary/aromatic N) is 6. The second kappa shape index (κ2) is 6.51. The van der Waals surface area contributed by atoms with Crippen LogP contribution in [0.15, 0.2) is 12.4 Å². The highest BCUT2D eigenvalue weighted by Crippen LogP contribution is 2.20. The average molecular weight is 297 g/mol. The van der Waals surface area contributed by atoms with Gasteiger partial charge < -0.3 is 9.64 Å². The lowest BCUT2D eigenvalue weighted by molar-refractivity contribution is 0.438. The second-order valence-electron chi connectivity index (χ2n) is 3.99. The van der Waals surface area contributed by atoms with Crippen LogP contribution in [0.25, 0.3) is 0 Å². The van der Waals surface area contributed by atoms with E-state index in [1.165, 1.54) is 0 Å². The van der Waals surface area contributed by atoms with Gasteiger partial charge in [0.15, 0.2) is 5.75 Å². The Labute approximate surface area is 122 Å². The zero-order valence-corrected chi connectivity index (χ0v) is 12.5. The molecule has 0 spiro atoms. The van der Waals surface area contributed by atoms with Gasteiger partial charge in [0.05, 0.1) is 12.4 Å². The third-order valence-corrected chi connectivity index (χ3v) is 2.93. The van der Waals surface area contributed by atoms with Gasteiger partial charge in [0, 0.05) is 19.6 Å². The summed E-state index contributed by atoms with van der Waals surface area (Å²) >= 11 is 5.92. The molecule has 0 saturated carbocycles. The molecule has 20 heavy (non-hydrogen) atoms. The van der Waals surface area contributed by atoms with E-state index in [4.69, 9.17) is 16.3 Å². The normalized spacial score (nSPS) is 10.6. The zero-order chi connectivity index (χ0) is 14.5. The standard InChI is InChI=1S/C12H17ClN6O/c1-4-18(5-2)11-15-10(13)16-12(17-11)20-9-7-14-19(6-3)8-9/h7-8H,4-6H2,1-3H3. The molecule has 0 N–H and O–H groups in total. The van der Waals surface area contributed by atoms with Crippen molar-refractivity contribution in [1.29, 1.82) is 0 Å². The Balaban J connectivity index is 2.23. The third-order valence-electron chi connectivity index (χ3n) is 2.76. The molecule has 0 amide bonds. The highest BCUT2D eigenvalue weighted by Gasteiger charge is 2.12. The summed E-state index contributed by atoms with van der Waals surface area (Å²) in [5, 5.41) is 4.23. The van der Waals surface area contributed by atoms with Crippen LogP contribution in [0.1, 0.15) is 20.8 Å². The SMILES string of the molecule is CCN(CC)c1nc(Cl)nc(Oc2cnn(CC)c2)n1. The van der Waals surface area contributed by atoms with Gasteiger partial charge in [0.2, 0.25) is 11.2 Å². The first-order valence-electron chi connectivity index (χ1n) is 6.53. The van der Waals surface area contributed by atoms with Crippen LogP contribution in [-0.2, 0) is 6.54 Å². The topological polar surface area (TPSA) is 69.0 Å². The van der Waals surface area contributed by atoms with Crippen molar-refractivity contribution in [1.82, 2.24) is 24.7 Å². The van der Waals surface area contributed by atoms with Gasteiger partial charge in [0.1, 0.15) is 0 Å². The average Bonchev–Trinajstić information content (AvgIpc) is 2.87. The molecule has 0 radical (unpaired) electrons. The molecule has 0 aliphatic heterocycles. The first-order chi connectivity index (χ1) is 9.66. The zero-order valence-electron chi connectivity index (χ0n) is 11.7. The number of hydrogen-bond donors (Lipinski definition) is 0. The minimum atomic E-state index is 0.111. The van der Waals surface area contributed by atoms with Crippen molar-refractivity contribution in [2.45, 2.75) is 27.3 Å². The number of aryl methyl sites for hydroxylation is 1. The predicted octanol–water partition coefficient (Wildman–Crippen LogP) is 2.38. The van der Waals surface area contributed by atoms with Gasteiger partial charge in [-0.3, -0.25) is 4.68 Å². The van der Waals surface area contributed by atoms with E-state index >= 15 is 0 Å². The fourth-order valence-electron chi connectivity index (χ4n) is 1.69. The molecule has 0 bridgehead atoms. The highest BCUT2D eigenvalue weighted by atomic mass is 35.5. The first-order valence-corrected chi connectivity index (χ1v) is 6.90. The van der Waals surface area contributed by atoms with Crippen LogP contribution in [0.2, 0.25) is 5.28 Å². The van der Waals surface area contributed by atoms with Gasteiger partial charge in [-0.15, -0.1) is 0 Å². The maximum atomic E-state index is 5.92. The van der Waals surface area contributed by atoms with E-state index in [9.17, 15) is 0 Å². The molecule has 0 saturated heterocycles. The van der Waals surface area contributed by atoms with Crippen molar-refractivity contribution < 1.29 is 4.74 Å². The van der Waals surface area contributed by atoms with Crippen LogP contribution in [0.4, 0.5) is 5.95 Å². The number of rotatable bonds is 6. The molecule has 0 unspecified atom stereocenters. The Morgan fingerprint density at radius 3 is 2.55 bits per heavy atom. The molecule has 0 atom stereocenters. The molecule has 2 aromatic rings. The summed E-state index contributed by atoms with van der Waals surface area (Å²) in [5.74, 6) is 1.08. The fourth-order valence-corrected chi connectivity index (χ4v) is 1.84. The van der Waals surface area contributed by atoms with E-state index in [2.05, 4.69) is 20.1 Å². The molecule has 7 nitrogen and oxygen atoms in total. The lowest BCUT2D eigenvalue weighted by Gasteiger charge is -2.18. The number of anilines is 1. The first kappa shape index (κ1) is 14.5. The number of hydrogen-bond acceptors (Lipinski definition) is 6. The molecular weight excluding hydrogens is 280 g/mol. The summed E-state index contributed by atoms with van der Waals surface area (Å²) in [7, 11) is 0. The Morgan fingerprint density at radius 2 is 1.95 bits per heavy atom. The molecule has 0 aliphatic rings. The van der Waals surface area contributed by atoms with E-state index in [1.807, 2.05) is 25.7 Å². The van der Waals surface area contributed by atoms with Crippen LogP contribution in [0, 0.1) is 0 Å². The fraction of sp³-hybridized carbons (Fsp3) is 0.500. The molecule has 0 aromatic carbocycles. The predicted molar refractivity (Wildman–Crippen MR) is 76.4 cm³/mol.